The van der Waals surface area contributed by atoms with Crippen molar-refractivity contribution in [3.05, 3.63) is 29.8 Å². The van der Waals surface area contributed by atoms with Crippen LogP contribution in [0.2, 0.25) is 0 Å². The zero-order valence-electron chi connectivity index (χ0n) is 13.1. The highest BCUT2D eigenvalue weighted by molar-refractivity contribution is 8.00. The number of nitrogens with zero attached hydrogens (tertiary/aromatic N) is 3. The van der Waals surface area contributed by atoms with Crippen LogP contribution in [0.1, 0.15) is 23.2 Å². The monoisotopic (exact) mass is 317 g/mol. The lowest BCUT2D eigenvalue weighted by molar-refractivity contribution is 0.0637. The highest BCUT2D eigenvalue weighted by Gasteiger charge is 2.42. The standard InChI is InChI=1S/C17H23N3OS/c1-18-9-11-19(12-10-18)17-14-6-4-8-20(14)16(21)13-5-2-3-7-15(13)22-17/h2-3,5,7,14,17H,4,6,8-12H2,1H3/t14-,17+/m0/s1. The van der Waals surface area contributed by atoms with E-state index < -0.39 is 0 Å². The summed E-state index contributed by atoms with van der Waals surface area (Å²) >= 11 is 1.91. The van der Waals surface area contributed by atoms with Gasteiger partial charge >= 0.3 is 0 Å². The molecule has 0 aliphatic carbocycles. The molecule has 0 spiro atoms. The van der Waals surface area contributed by atoms with Crippen molar-refractivity contribution in [3.8, 4) is 0 Å². The summed E-state index contributed by atoms with van der Waals surface area (Å²) in [5.41, 5.74) is 0.899. The van der Waals surface area contributed by atoms with Crippen molar-refractivity contribution in [2.45, 2.75) is 29.2 Å². The minimum Gasteiger partial charge on any atom is -0.333 e. The molecule has 118 valence electrons. The summed E-state index contributed by atoms with van der Waals surface area (Å²) in [6, 6.07) is 8.51. The maximum absolute atomic E-state index is 12.9. The number of carbonyl (C=O) groups is 1. The Labute approximate surface area is 136 Å². The van der Waals surface area contributed by atoms with Crippen LogP contribution in [0.3, 0.4) is 0 Å². The minimum absolute atomic E-state index is 0.238. The molecule has 2 fully saturated rings. The van der Waals surface area contributed by atoms with Crippen molar-refractivity contribution in [1.29, 1.82) is 0 Å². The Morgan fingerprint density at radius 2 is 1.86 bits per heavy atom. The Morgan fingerprint density at radius 3 is 2.68 bits per heavy atom. The number of hydrogen-bond acceptors (Lipinski definition) is 4. The Balaban J connectivity index is 1.67. The zero-order chi connectivity index (χ0) is 15.1. The van der Waals surface area contributed by atoms with Crippen molar-refractivity contribution in [2.75, 3.05) is 39.8 Å². The van der Waals surface area contributed by atoms with Gasteiger partial charge in [-0.3, -0.25) is 9.69 Å². The number of carbonyl (C=O) groups excluding carboxylic acids is 1. The van der Waals surface area contributed by atoms with Crippen molar-refractivity contribution < 1.29 is 4.79 Å². The van der Waals surface area contributed by atoms with E-state index in [0.29, 0.717) is 11.4 Å². The molecular weight excluding hydrogens is 294 g/mol. The van der Waals surface area contributed by atoms with Crippen LogP contribution >= 0.6 is 11.8 Å². The fourth-order valence-corrected chi connectivity index (χ4v) is 5.34. The summed E-state index contributed by atoms with van der Waals surface area (Å²) in [6.07, 6.45) is 2.28. The normalized spacial score (nSPS) is 30.0. The lowest BCUT2D eigenvalue weighted by Crippen LogP contribution is -2.54. The maximum Gasteiger partial charge on any atom is 0.255 e. The van der Waals surface area contributed by atoms with Gasteiger partial charge in [0.2, 0.25) is 0 Å². The predicted octanol–water partition coefficient (Wildman–Crippen LogP) is 1.97. The molecule has 0 aromatic heterocycles. The lowest BCUT2D eigenvalue weighted by Gasteiger charge is -2.41. The van der Waals surface area contributed by atoms with Crippen LogP contribution in [0.4, 0.5) is 0 Å². The van der Waals surface area contributed by atoms with Crippen LogP contribution in [-0.4, -0.2) is 71.8 Å². The third kappa shape index (κ3) is 2.45. The molecule has 3 aliphatic rings. The molecule has 0 radical (unpaired) electrons. The van der Waals surface area contributed by atoms with E-state index in [4.69, 9.17) is 0 Å². The van der Waals surface area contributed by atoms with Gasteiger partial charge in [-0.15, -0.1) is 11.8 Å². The summed E-state index contributed by atoms with van der Waals surface area (Å²) in [5.74, 6) is 0.238. The number of fused-ring (bicyclic) bond motifs is 2. The highest BCUT2D eigenvalue weighted by atomic mass is 32.2. The third-order valence-electron chi connectivity index (χ3n) is 5.15. The molecule has 1 amide bonds. The van der Waals surface area contributed by atoms with Crippen LogP contribution in [0.25, 0.3) is 0 Å². The van der Waals surface area contributed by atoms with Gasteiger partial charge < -0.3 is 9.80 Å². The van der Waals surface area contributed by atoms with Gasteiger partial charge in [0.05, 0.1) is 17.0 Å². The van der Waals surface area contributed by atoms with E-state index in [-0.39, 0.29) is 5.91 Å². The van der Waals surface area contributed by atoms with Crippen LogP contribution in [0.15, 0.2) is 29.2 Å². The van der Waals surface area contributed by atoms with Crippen molar-refractivity contribution in [1.82, 2.24) is 14.7 Å². The van der Waals surface area contributed by atoms with Gasteiger partial charge in [-0.2, -0.15) is 0 Å². The lowest BCUT2D eigenvalue weighted by atomic mass is 10.1. The first-order valence-electron chi connectivity index (χ1n) is 8.23. The van der Waals surface area contributed by atoms with Crippen LogP contribution < -0.4 is 0 Å². The van der Waals surface area contributed by atoms with Gasteiger partial charge in [-0.1, -0.05) is 12.1 Å². The molecule has 2 atom stereocenters. The Hall–Kier alpha value is -1.04. The van der Waals surface area contributed by atoms with Gasteiger partial charge in [-0.05, 0) is 32.0 Å². The number of benzene rings is 1. The predicted molar refractivity (Wildman–Crippen MR) is 89.2 cm³/mol. The number of rotatable bonds is 1. The van der Waals surface area contributed by atoms with Gasteiger partial charge in [0.25, 0.3) is 5.91 Å². The fraction of sp³-hybridized carbons (Fsp3) is 0.588. The first-order chi connectivity index (χ1) is 10.7. The molecule has 4 rings (SSSR count). The quantitative estimate of drug-likeness (QED) is 0.791. The molecular formula is C17H23N3OS. The van der Waals surface area contributed by atoms with Gasteiger partial charge in [0.15, 0.2) is 0 Å². The van der Waals surface area contributed by atoms with Gasteiger partial charge in [-0.25, -0.2) is 0 Å². The molecule has 0 unspecified atom stereocenters. The summed E-state index contributed by atoms with van der Waals surface area (Å²) in [5, 5.41) is 0.406. The number of piperazine rings is 1. The number of amides is 1. The number of hydrogen-bond donors (Lipinski definition) is 0. The average molecular weight is 317 g/mol. The Kier molecular flexibility index (Phi) is 3.88. The second kappa shape index (κ2) is 5.87. The summed E-state index contributed by atoms with van der Waals surface area (Å²) in [4.78, 5) is 21.2. The zero-order valence-corrected chi connectivity index (χ0v) is 13.9. The topological polar surface area (TPSA) is 26.8 Å². The van der Waals surface area contributed by atoms with E-state index in [9.17, 15) is 4.79 Å². The van der Waals surface area contributed by atoms with E-state index in [1.807, 2.05) is 23.9 Å². The first-order valence-corrected chi connectivity index (χ1v) is 9.11. The summed E-state index contributed by atoms with van der Waals surface area (Å²) in [6.45, 7) is 5.38. The third-order valence-corrected chi connectivity index (χ3v) is 6.62. The molecule has 3 heterocycles. The Bertz CT molecular complexity index is 571. The molecule has 1 aromatic carbocycles. The maximum atomic E-state index is 12.9. The molecule has 5 heteroatoms. The van der Waals surface area contributed by atoms with Crippen LogP contribution in [0, 0.1) is 0 Å². The van der Waals surface area contributed by atoms with Crippen molar-refractivity contribution in [3.63, 3.8) is 0 Å². The molecule has 2 saturated heterocycles. The van der Waals surface area contributed by atoms with E-state index in [0.717, 1.165) is 56.0 Å². The van der Waals surface area contributed by atoms with Gasteiger partial charge in [0, 0.05) is 37.6 Å². The van der Waals surface area contributed by atoms with E-state index in [1.54, 1.807) is 0 Å². The SMILES string of the molecule is CN1CCN([C@@H]2Sc3ccccc3C(=O)N3CCC[C@@H]23)CC1. The van der Waals surface area contributed by atoms with Crippen molar-refractivity contribution in [2.24, 2.45) is 0 Å². The Morgan fingerprint density at radius 1 is 1.09 bits per heavy atom. The minimum atomic E-state index is 0.238. The van der Waals surface area contributed by atoms with E-state index in [2.05, 4.69) is 33.9 Å². The second-order valence-electron chi connectivity index (χ2n) is 6.55. The summed E-state index contributed by atoms with van der Waals surface area (Å²) < 4.78 is 0. The molecule has 0 bridgehead atoms. The van der Waals surface area contributed by atoms with E-state index >= 15 is 0 Å². The number of thioether (sulfide) groups is 1. The molecule has 0 saturated carbocycles. The van der Waals surface area contributed by atoms with Crippen LogP contribution in [0.5, 0.6) is 0 Å². The first kappa shape index (κ1) is 14.5. The smallest absolute Gasteiger partial charge is 0.255 e. The molecule has 3 aliphatic heterocycles. The second-order valence-corrected chi connectivity index (χ2v) is 7.71. The van der Waals surface area contributed by atoms with Crippen LogP contribution in [-0.2, 0) is 0 Å². The largest absolute Gasteiger partial charge is 0.333 e. The average Bonchev–Trinajstić information content (AvgIpc) is 2.99. The molecule has 4 nitrogen and oxygen atoms in total. The highest BCUT2D eigenvalue weighted by Crippen LogP contribution is 2.40. The summed E-state index contributed by atoms with van der Waals surface area (Å²) in [7, 11) is 2.19. The molecule has 22 heavy (non-hydrogen) atoms. The molecule has 1 aromatic rings. The van der Waals surface area contributed by atoms with Gasteiger partial charge in [0.1, 0.15) is 0 Å². The van der Waals surface area contributed by atoms with E-state index in [1.165, 1.54) is 0 Å². The number of likely N-dealkylation sites (N-methyl/N-ethyl adjacent to an activating group) is 1. The molecule has 0 N–H and O–H groups in total. The van der Waals surface area contributed by atoms with Crippen molar-refractivity contribution >= 4 is 17.7 Å². The fourth-order valence-electron chi connectivity index (χ4n) is 3.84.